The number of hydrogen-bond donors (Lipinski definition) is 1. The van der Waals surface area contributed by atoms with Crippen LogP contribution in [0.4, 0.5) is 0 Å². The van der Waals surface area contributed by atoms with Crippen molar-refractivity contribution in [2.24, 2.45) is 5.92 Å². The molecule has 5 rings (SSSR count). The molecule has 0 saturated carbocycles. The predicted molar refractivity (Wildman–Crippen MR) is 103 cm³/mol. The van der Waals surface area contributed by atoms with Gasteiger partial charge in [0, 0.05) is 37.2 Å². The third-order valence-corrected chi connectivity index (χ3v) is 8.70. The maximum absolute atomic E-state index is 12.7. The maximum atomic E-state index is 12.7. The highest BCUT2D eigenvalue weighted by Gasteiger charge is 2.53. The van der Waals surface area contributed by atoms with E-state index in [2.05, 4.69) is 39.6 Å². The Morgan fingerprint density at radius 1 is 1.21 bits per heavy atom. The molecule has 2 aliphatic heterocycles. The van der Waals surface area contributed by atoms with Crippen LogP contribution in [0.2, 0.25) is 0 Å². The fraction of sp³-hybridized carbons (Fsp3) is 0.500. The minimum absolute atomic E-state index is 0.00361. The van der Waals surface area contributed by atoms with Crippen LogP contribution in [0.3, 0.4) is 0 Å². The number of sulfone groups is 1. The number of aromatic nitrogens is 1. The molecule has 1 aromatic heterocycles. The van der Waals surface area contributed by atoms with E-state index in [1.54, 1.807) is 13.0 Å². The highest BCUT2D eigenvalue weighted by atomic mass is 32.2. The van der Waals surface area contributed by atoms with Crippen LogP contribution >= 0.6 is 0 Å². The predicted octanol–water partition coefficient (Wildman–Crippen LogP) is 0.978. The van der Waals surface area contributed by atoms with E-state index in [9.17, 15) is 13.2 Å². The molecule has 1 aromatic carbocycles. The molecule has 3 atom stereocenters. The van der Waals surface area contributed by atoms with Crippen molar-refractivity contribution in [3.63, 3.8) is 0 Å². The lowest BCUT2D eigenvalue weighted by Crippen LogP contribution is -2.43. The zero-order chi connectivity index (χ0) is 19.5. The van der Waals surface area contributed by atoms with Gasteiger partial charge in [0.25, 0.3) is 5.91 Å². The molecule has 1 aliphatic carbocycles. The number of amides is 1. The van der Waals surface area contributed by atoms with Crippen molar-refractivity contribution in [2.45, 2.75) is 37.1 Å². The van der Waals surface area contributed by atoms with Crippen LogP contribution in [0, 0.1) is 12.8 Å². The summed E-state index contributed by atoms with van der Waals surface area (Å²) in [6, 6.07) is 9.95. The quantitative estimate of drug-likeness (QED) is 0.824. The first-order valence-corrected chi connectivity index (χ1v) is 11.4. The third-order valence-electron chi connectivity index (χ3n) is 6.45. The van der Waals surface area contributed by atoms with Crippen LogP contribution in [-0.2, 0) is 22.7 Å². The number of nitrogens with zero attached hydrogens (tertiary/aromatic N) is 2. The fourth-order valence-corrected chi connectivity index (χ4v) is 7.35. The van der Waals surface area contributed by atoms with Crippen LogP contribution in [0.1, 0.15) is 27.4 Å². The summed E-state index contributed by atoms with van der Waals surface area (Å²) >= 11 is 0. The number of aryl methyl sites for hydroxylation is 1. The van der Waals surface area contributed by atoms with E-state index in [0.717, 1.165) is 12.8 Å². The number of rotatable bonds is 3. The number of hydrogen-bond acceptors (Lipinski definition) is 6. The second kappa shape index (κ2) is 6.42. The summed E-state index contributed by atoms with van der Waals surface area (Å²) in [4.78, 5) is 14.8. The Labute approximate surface area is 164 Å². The van der Waals surface area contributed by atoms with Gasteiger partial charge in [-0.3, -0.25) is 9.69 Å². The van der Waals surface area contributed by atoms with Gasteiger partial charge in [-0.2, -0.15) is 0 Å². The molecule has 0 spiro atoms. The van der Waals surface area contributed by atoms with Gasteiger partial charge in [0.05, 0.1) is 11.0 Å². The summed E-state index contributed by atoms with van der Waals surface area (Å²) in [6.07, 6.45) is 1.93. The van der Waals surface area contributed by atoms with Crippen molar-refractivity contribution in [2.75, 3.05) is 18.8 Å². The number of carbonyl (C=O) groups excluding carboxylic acids is 1. The minimum Gasteiger partial charge on any atom is -0.361 e. The summed E-state index contributed by atoms with van der Waals surface area (Å²) in [6.45, 7) is 2.97. The lowest BCUT2D eigenvalue weighted by atomic mass is 10.0. The Kier molecular flexibility index (Phi) is 4.10. The van der Waals surface area contributed by atoms with Gasteiger partial charge < -0.3 is 9.84 Å². The van der Waals surface area contributed by atoms with E-state index in [1.807, 2.05) is 0 Å². The largest absolute Gasteiger partial charge is 0.361 e. The highest BCUT2D eigenvalue weighted by molar-refractivity contribution is 7.92. The first-order chi connectivity index (χ1) is 13.4. The Bertz CT molecular complexity index is 1010. The molecule has 28 heavy (non-hydrogen) atoms. The van der Waals surface area contributed by atoms with E-state index < -0.39 is 15.1 Å². The van der Waals surface area contributed by atoms with Crippen LogP contribution in [0.5, 0.6) is 0 Å². The van der Waals surface area contributed by atoms with Crippen molar-refractivity contribution in [1.29, 1.82) is 0 Å². The standard InChI is InChI=1S/C20H23N3O4S/c1-12-6-17(22-27-12)20(24)21-18-11-28(25,26)19-10-23(9-16(18)19)15-7-13-4-2-3-5-14(13)8-15/h2-6,15-16,18-19H,7-11H2,1H3,(H,21,24)/t16-,18+,19-/m0/s1. The molecule has 2 saturated heterocycles. The lowest BCUT2D eigenvalue weighted by molar-refractivity contribution is 0.0920. The first kappa shape index (κ1) is 17.9. The number of fused-ring (bicyclic) bond motifs is 2. The molecule has 0 radical (unpaired) electrons. The van der Waals surface area contributed by atoms with E-state index in [4.69, 9.17) is 4.52 Å². The van der Waals surface area contributed by atoms with E-state index >= 15 is 0 Å². The third kappa shape index (κ3) is 2.95. The summed E-state index contributed by atoms with van der Waals surface area (Å²) in [7, 11) is -3.23. The minimum atomic E-state index is -3.23. The van der Waals surface area contributed by atoms with E-state index in [-0.39, 0.29) is 29.3 Å². The highest BCUT2D eigenvalue weighted by Crippen LogP contribution is 2.37. The number of benzene rings is 1. The molecule has 2 fully saturated rings. The SMILES string of the molecule is Cc1cc(C(=O)N[C@@H]2CS(=O)(=O)[C@H]3CN(C4Cc5ccccc5C4)C[C@@H]23)no1. The topological polar surface area (TPSA) is 92.5 Å². The number of likely N-dealkylation sites (tertiary alicyclic amines) is 1. The Morgan fingerprint density at radius 3 is 2.57 bits per heavy atom. The van der Waals surface area contributed by atoms with E-state index in [0.29, 0.717) is 24.9 Å². The van der Waals surface area contributed by atoms with Gasteiger partial charge in [-0.25, -0.2) is 8.42 Å². The molecule has 148 valence electrons. The van der Waals surface area contributed by atoms with E-state index in [1.165, 1.54) is 11.1 Å². The smallest absolute Gasteiger partial charge is 0.273 e. The molecule has 0 bridgehead atoms. The van der Waals surface area contributed by atoms with Crippen molar-refractivity contribution in [3.05, 3.63) is 52.9 Å². The molecule has 3 aliphatic rings. The van der Waals surface area contributed by atoms with Crippen molar-refractivity contribution < 1.29 is 17.7 Å². The second-order valence-electron chi connectivity index (χ2n) is 8.22. The first-order valence-electron chi connectivity index (χ1n) is 9.67. The molecule has 7 nitrogen and oxygen atoms in total. The Hall–Kier alpha value is -2.19. The number of carbonyl (C=O) groups is 1. The zero-order valence-corrected chi connectivity index (χ0v) is 16.5. The molecule has 2 aromatic rings. The van der Waals surface area contributed by atoms with Crippen molar-refractivity contribution in [3.8, 4) is 0 Å². The van der Waals surface area contributed by atoms with Gasteiger partial charge in [0.1, 0.15) is 5.76 Å². The zero-order valence-electron chi connectivity index (χ0n) is 15.7. The fourth-order valence-electron chi connectivity index (χ4n) is 5.05. The average Bonchev–Trinajstić information content (AvgIpc) is 3.40. The van der Waals surface area contributed by atoms with Crippen LogP contribution in [0.15, 0.2) is 34.9 Å². The molecule has 0 unspecified atom stereocenters. The summed E-state index contributed by atoms with van der Waals surface area (Å²) in [5.74, 6) is 0.105. The molecular formula is C20H23N3O4S. The van der Waals surface area contributed by atoms with Gasteiger partial charge in [-0.05, 0) is 30.9 Å². The molecule has 8 heteroatoms. The van der Waals surface area contributed by atoms with Gasteiger partial charge in [-0.1, -0.05) is 29.4 Å². The van der Waals surface area contributed by atoms with Crippen LogP contribution in [-0.4, -0.2) is 60.6 Å². The number of nitrogens with one attached hydrogen (secondary N) is 1. The van der Waals surface area contributed by atoms with Gasteiger partial charge in [-0.15, -0.1) is 0 Å². The maximum Gasteiger partial charge on any atom is 0.273 e. The molecule has 1 amide bonds. The Morgan fingerprint density at radius 2 is 1.93 bits per heavy atom. The molecule has 3 heterocycles. The van der Waals surface area contributed by atoms with Gasteiger partial charge in [0.2, 0.25) is 0 Å². The van der Waals surface area contributed by atoms with Gasteiger partial charge >= 0.3 is 0 Å². The van der Waals surface area contributed by atoms with Crippen molar-refractivity contribution in [1.82, 2.24) is 15.4 Å². The summed E-state index contributed by atoms with van der Waals surface area (Å²) < 4.78 is 30.4. The summed E-state index contributed by atoms with van der Waals surface area (Å²) in [5, 5.41) is 6.23. The Balaban J connectivity index is 1.31. The van der Waals surface area contributed by atoms with Crippen molar-refractivity contribution >= 4 is 15.7 Å². The van der Waals surface area contributed by atoms with Crippen LogP contribution in [0.25, 0.3) is 0 Å². The normalized spacial score (nSPS) is 29.0. The lowest BCUT2D eigenvalue weighted by Gasteiger charge is -2.25. The van der Waals surface area contributed by atoms with Gasteiger partial charge in [0.15, 0.2) is 15.5 Å². The summed E-state index contributed by atoms with van der Waals surface area (Å²) in [5.41, 5.74) is 2.91. The monoisotopic (exact) mass is 401 g/mol. The molecular weight excluding hydrogens is 378 g/mol. The molecule has 1 N–H and O–H groups in total. The van der Waals surface area contributed by atoms with Crippen LogP contribution < -0.4 is 5.32 Å². The average molecular weight is 401 g/mol. The second-order valence-corrected chi connectivity index (χ2v) is 10.5.